The second kappa shape index (κ2) is 5.27. The van der Waals surface area contributed by atoms with Gasteiger partial charge in [-0.25, -0.2) is 0 Å². The number of hydrogen-bond acceptors (Lipinski definition) is 4. The quantitative estimate of drug-likeness (QED) is 0.219. The van der Waals surface area contributed by atoms with Crippen molar-refractivity contribution in [3.63, 3.8) is 0 Å². The van der Waals surface area contributed by atoms with Crippen LogP contribution in [0.3, 0.4) is 0 Å². The Morgan fingerprint density at radius 3 is 2.92 bits per heavy atom. The van der Waals surface area contributed by atoms with Crippen LogP contribution in [0.25, 0.3) is 0 Å². The summed E-state index contributed by atoms with van der Waals surface area (Å²) in [5.41, 5.74) is 5.30. The van der Waals surface area contributed by atoms with Crippen LogP contribution in [0.1, 0.15) is 12.8 Å². The Labute approximate surface area is 76.1 Å². The van der Waals surface area contributed by atoms with Gasteiger partial charge in [0.05, 0.1) is 18.5 Å². The number of ether oxygens (including phenoxy) is 1. The number of oxime groups is 1. The lowest BCUT2D eigenvalue weighted by Gasteiger charge is -2.25. The highest BCUT2D eigenvalue weighted by Crippen LogP contribution is 2.19. The molecule has 0 aromatic rings. The first-order valence-electron chi connectivity index (χ1n) is 3.98. The summed E-state index contributed by atoms with van der Waals surface area (Å²) in [7, 11) is 0. The molecule has 0 bridgehead atoms. The van der Waals surface area contributed by atoms with Crippen molar-refractivity contribution in [3.05, 3.63) is 0 Å². The molecule has 0 aliphatic carbocycles. The summed E-state index contributed by atoms with van der Waals surface area (Å²) in [6.45, 7) is 1.77. The summed E-state index contributed by atoms with van der Waals surface area (Å²) in [6.07, 6.45) is 1.65. The molecule has 5 heteroatoms. The van der Waals surface area contributed by atoms with Gasteiger partial charge < -0.3 is 15.7 Å². The summed E-state index contributed by atoms with van der Waals surface area (Å²) in [4.78, 5) is 0. The molecule has 4 nitrogen and oxygen atoms in total. The Balaban J connectivity index is 1.88. The Morgan fingerprint density at radius 1 is 1.67 bits per heavy atom. The topological polar surface area (TPSA) is 67.8 Å². The van der Waals surface area contributed by atoms with Crippen molar-refractivity contribution in [2.75, 3.05) is 19.0 Å². The van der Waals surface area contributed by atoms with Crippen LogP contribution >= 0.6 is 11.8 Å². The lowest BCUT2D eigenvalue weighted by atomic mass is 10.3. The molecule has 0 saturated carbocycles. The minimum absolute atomic E-state index is 0.320. The van der Waals surface area contributed by atoms with Crippen molar-refractivity contribution in [2.45, 2.75) is 18.1 Å². The largest absolute Gasteiger partial charge is 0.409 e. The van der Waals surface area contributed by atoms with Gasteiger partial charge in [0.15, 0.2) is 0 Å². The molecule has 1 fully saturated rings. The Morgan fingerprint density at radius 2 is 2.42 bits per heavy atom. The van der Waals surface area contributed by atoms with Crippen LogP contribution in [-0.4, -0.2) is 35.3 Å². The first kappa shape index (κ1) is 9.67. The maximum Gasteiger partial charge on any atom is 0.139 e. The lowest BCUT2D eigenvalue weighted by Crippen LogP contribution is -2.30. The molecular formula is C7H14N2O2S. The summed E-state index contributed by atoms with van der Waals surface area (Å²) >= 11 is 1.90. The van der Waals surface area contributed by atoms with E-state index < -0.39 is 0 Å². The summed E-state index contributed by atoms with van der Waals surface area (Å²) in [6, 6.07) is 0. The fourth-order valence-corrected chi connectivity index (χ4v) is 1.89. The van der Waals surface area contributed by atoms with Crippen LogP contribution in [0.4, 0.5) is 0 Å². The lowest BCUT2D eigenvalue weighted by molar-refractivity contribution is 0.0455. The highest BCUT2D eigenvalue weighted by Gasteiger charge is 2.17. The average Bonchev–Trinajstić information content (AvgIpc) is 2.00. The van der Waals surface area contributed by atoms with Gasteiger partial charge >= 0.3 is 0 Å². The molecule has 70 valence electrons. The Bertz CT molecular complexity index is 159. The third-order valence-electron chi connectivity index (χ3n) is 1.67. The predicted molar refractivity (Wildman–Crippen MR) is 49.7 cm³/mol. The van der Waals surface area contributed by atoms with E-state index >= 15 is 0 Å². The van der Waals surface area contributed by atoms with E-state index in [0.717, 1.165) is 25.4 Å². The second-order valence-corrected chi connectivity index (χ2v) is 4.13. The van der Waals surface area contributed by atoms with Gasteiger partial charge in [-0.1, -0.05) is 5.16 Å². The fourth-order valence-electron chi connectivity index (χ4n) is 0.864. The monoisotopic (exact) mass is 190 g/mol. The van der Waals surface area contributed by atoms with E-state index in [2.05, 4.69) is 5.16 Å². The van der Waals surface area contributed by atoms with E-state index in [9.17, 15) is 0 Å². The van der Waals surface area contributed by atoms with E-state index in [-0.39, 0.29) is 0 Å². The molecule has 0 amide bonds. The average molecular weight is 190 g/mol. The van der Waals surface area contributed by atoms with Crippen molar-refractivity contribution >= 4 is 17.6 Å². The van der Waals surface area contributed by atoms with E-state index in [1.54, 1.807) is 0 Å². The zero-order valence-electron chi connectivity index (χ0n) is 6.90. The van der Waals surface area contributed by atoms with Gasteiger partial charge in [0.2, 0.25) is 0 Å². The van der Waals surface area contributed by atoms with Gasteiger partial charge in [-0.3, -0.25) is 0 Å². The molecule has 1 heterocycles. The van der Waals surface area contributed by atoms with Crippen molar-refractivity contribution < 1.29 is 9.94 Å². The van der Waals surface area contributed by atoms with Crippen molar-refractivity contribution in [1.82, 2.24) is 0 Å². The normalized spacial score (nSPS) is 19.2. The molecule has 0 radical (unpaired) electrons. The first-order chi connectivity index (χ1) is 5.83. The summed E-state index contributed by atoms with van der Waals surface area (Å²) < 4.78 is 5.02. The highest BCUT2D eigenvalue weighted by molar-refractivity contribution is 8.00. The summed E-state index contributed by atoms with van der Waals surface area (Å²) in [5.74, 6) is 1.38. The van der Waals surface area contributed by atoms with Gasteiger partial charge in [-0.2, -0.15) is 11.8 Å². The van der Waals surface area contributed by atoms with Crippen LogP contribution in [0.2, 0.25) is 0 Å². The predicted octanol–water partition coefficient (Wildman–Crippen LogP) is 0.645. The van der Waals surface area contributed by atoms with Gasteiger partial charge in [0.25, 0.3) is 0 Å². The summed E-state index contributed by atoms with van der Waals surface area (Å²) in [5, 5.41) is 11.8. The third kappa shape index (κ3) is 3.32. The van der Waals surface area contributed by atoms with Crippen molar-refractivity contribution in [1.29, 1.82) is 0 Å². The molecule has 12 heavy (non-hydrogen) atoms. The van der Waals surface area contributed by atoms with Crippen LogP contribution in [0, 0.1) is 0 Å². The minimum atomic E-state index is 0.320. The van der Waals surface area contributed by atoms with Gasteiger partial charge in [0.1, 0.15) is 5.84 Å². The number of amidine groups is 1. The van der Waals surface area contributed by atoms with Crippen LogP contribution < -0.4 is 5.73 Å². The zero-order valence-corrected chi connectivity index (χ0v) is 7.72. The number of thioether (sulfide) groups is 1. The standard InChI is InChI=1S/C7H14N2O2S/c8-7(9-10)2-1-3-12-6-4-11-5-6/h6,10H,1-5H2,(H2,8,9). The zero-order chi connectivity index (χ0) is 8.81. The number of nitrogens with two attached hydrogens (primary N) is 1. The van der Waals surface area contributed by atoms with Crippen molar-refractivity contribution in [3.8, 4) is 0 Å². The first-order valence-corrected chi connectivity index (χ1v) is 5.03. The molecule has 0 aromatic carbocycles. The number of nitrogens with zero attached hydrogens (tertiary/aromatic N) is 1. The SMILES string of the molecule is NC(CCCSC1COC1)=NO. The van der Waals surface area contributed by atoms with E-state index in [1.165, 1.54) is 0 Å². The number of hydrogen-bond donors (Lipinski definition) is 2. The maximum atomic E-state index is 8.24. The molecule has 1 aliphatic heterocycles. The fraction of sp³-hybridized carbons (Fsp3) is 0.857. The van der Waals surface area contributed by atoms with E-state index in [4.69, 9.17) is 15.7 Å². The molecule has 0 spiro atoms. The highest BCUT2D eigenvalue weighted by atomic mass is 32.2. The van der Waals surface area contributed by atoms with Crippen LogP contribution in [-0.2, 0) is 4.74 Å². The third-order valence-corrected chi connectivity index (χ3v) is 2.93. The molecule has 3 N–H and O–H groups in total. The van der Waals surface area contributed by atoms with Gasteiger partial charge in [0, 0.05) is 6.42 Å². The molecule has 1 rings (SSSR count). The molecular weight excluding hydrogens is 176 g/mol. The molecule has 0 atom stereocenters. The Hall–Kier alpha value is -0.420. The number of rotatable bonds is 5. The van der Waals surface area contributed by atoms with Gasteiger partial charge in [-0.15, -0.1) is 0 Å². The molecule has 1 aliphatic rings. The van der Waals surface area contributed by atoms with Crippen LogP contribution in [0.15, 0.2) is 5.16 Å². The maximum absolute atomic E-state index is 8.24. The molecule has 0 unspecified atom stereocenters. The smallest absolute Gasteiger partial charge is 0.139 e. The minimum Gasteiger partial charge on any atom is -0.409 e. The van der Waals surface area contributed by atoms with Gasteiger partial charge in [-0.05, 0) is 12.2 Å². The molecule has 1 saturated heterocycles. The van der Waals surface area contributed by atoms with Crippen LogP contribution in [0.5, 0.6) is 0 Å². The van der Waals surface area contributed by atoms with E-state index in [1.807, 2.05) is 11.8 Å². The second-order valence-electron chi connectivity index (χ2n) is 2.73. The van der Waals surface area contributed by atoms with Crippen molar-refractivity contribution in [2.24, 2.45) is 10.9 Å². The molecule has 0 aromatic heterocycles. The Kier molecular flexibility index (Phi) is 4.24. The van der Waals surface area contributed by atoms with E-state index in [0.29, 0.717) is 17.5 Å².